The van der Waals surface area contributed by atoms with Crippen LogP contribution in [0, 0.1) is 17.8 Å². The number of fused-ring (bicyclic) bond motifs is 1. The number of nitrogens with zero attached hydrogens (tertiary/aromatic N) is 3. The Morgan fingerprint density at radius 3 is 2.27 bits per heavy atom. The van der Waals surface area contributed by atoms with Crippen LogP contribution in [0.1, 0.15) is 87.1 Å². The van der Waals surface area contributed by atoms with Crippen LogP contribution in [-0.2, 0) is 54.0 Å². The standard InChI is InChI=1S/C46H74N6O12/c1-25(2)49-44-52(11)33-18-27(4)60-43(38(33)63-44)64-40-28(5)37(62-36-21-46(9,59-12)39(55)30(7)61-36)29(6)41(56)47-22-34(53)50-32(19-31-16-14-13-15-17-31)42(57)48-23-35(54)51(10)24-26(3)20-45(40,8)58/h13-17,25-30,32-33,36-40,43,55,58H,18-24H2,1-12H3,(H,47,56)(H,48,57)(H,50,53)/t26-,27-,28+,29-,30+,32?,33+,36+,37-,38-,39+,40-,43+,45-,46-/m1/s1. The maximum atomic E-state index is 14.3. The fraction of sp³-hybridized carbons (Fsp3) is 0.761. The van der Waals surface area contributed by atoms with Gasteiger partial charge in [0.1, 0.15) is 12.1 Å². The van der Waals surface area contributed by atoms with Gasteiger partial charge in [0.15, 0.2) is 18.7 Å². The molecule has 0 aromatic heterocycles. The molecule has 0 radical (unpaired) electrons. The summed E-state index contributed by atoms with van der Waals surface area (Å²) in [6.07, 6.45) is -5.68. The molecule has 5 N–H and O–H groups in total. The Hall–Kier alpha value is -3.91. The maximum absolute atomic E-state index is 14.3. The molecule has 1 unspecified atom stereocenters. The van der Waals surface area contributed by atoms with Crippen molar-refractivity contribution in [1.82, 2.24) is 25.8 Å². The molecule has 4 heterocycles. The Kier molecular flexibility index (Phi) is 17.2. The second-order valence-electron chi connectivity index (χ2n) is 19.2. The minimum atomic E-state index is -1.65. The fourth-order valence-electron chi connectivity index (χ4n) is 9.61. The summed E-state index contributed by atoms with van der Waals surface area (Å²) in [5.74, 6) is -4.21. The van der Waals surface area contributed by atoms with Crippen molar-refractivity contribution in [1.29, 1.82) is 0 Å². The van der Waals surface area contributed by atoms with Crippen molar-refractivity contribution >= 4 is 29.7 Å². The largest absolute Gasteiger partial charge is 0.454 e. The molecule has 1 aromatic carbocycles. The van der Waals surface area contributed by atoms with Gasteiger partial charge < -0.3 is 64.4 Å². The summed E-state index contributed by atoms with van der Waals surface area (Å²) in [6, 6.07) is 8.36. The summed E-state index contributed by atoms with van der Waals surface area (Å²) in [6.45, 7) is 15.8. The normalized spacial score (nSPS) is 39.5. The summed E-state index contributed by atoms with van der Waals surface area (Å²) in [4.78, 5) is 63.1. The Morgan fingerprint density at radius 2 is 1.61 bits per heavy atom. The molecule has 1 aromatic rings. The van der Waals surface area contributed by atoms with Crippen LogP contribution in [0.2, 0.25) is 0 Å². The Balaban J connectivity index is 1.54. The van der Waals surface area contributed by atoms with Crippen LogP contribution in [0.25, 0.3) is 0 Å². The summed E-state index contributed by atoms with van der Waals surface area (Å²) >= 11 is 0. The van der Waals surface area contributed by atoms with E-state index < -0.39 is 96.4 Å². The average molecular weight is 903 g/mol. The topological polar surface area (TPSA) is 219 Å². The lowest BCUT2D eigenvalue weighted by Gasteiger charge is -2.48. The molecule has 4 amide bonds. The van der Waals surface area contributed by atoms with Gasteiger partial charge in [0.2, 0.25) is 23.6 Å². The molecule has 0 bridgehead atoms. The molecule has 18 heteroatoms. The van der Waals surface area contributed by atoms with Crippen molar-refractivity contribution in [3.05, 3.63) is 35.9 Å². The first-order valence-corrected chi connectivity index (χ1v) is 22.7. The molecule has 4 fully saturated rings. The molecule has 5 rings (SSSR count). The molecule has 4 saturated heterocycles. The van der Waals surface area contributed by atoms with Gasteiger partial charge in [-0.15, -0.1) is 0 Å². The number of aliphatic imine (C=N–C) groups is 1. The highest BCUT2D eigenvalue weighted by atomic mass is 16.7. The monoisotopic (exact) mass is 903 g/mol. The number of amidine groups is 1. The number of aliphatic hydroxyl groups excluding tert-OH is 1. The second-order valence-corrected chi connectivity index (χ2v) is 19.2. The van der Waals surface area contributed by atoms with E-state index in [1.54, 1.807) is 34.7 Å². The van der Waals surface area contributed by atoms with E-state index in [1.807, 2.05) is 76.9 Å². The average Bonchev–Trinajstić information content (AvgIpc) is 3.53. The van der Waals surface area contributed by atoms with Crippen molar-refractivity contribution in [2.45, 2.75) is 167 Å². The van der Waals surface area contributed by atoms with E-state index in [9.17, 15) is 29.4 Å². The van der Waals surface area contributed by atoms with Crippen LogP contribution in [0.15, 0.2) is 35.3 Å². The molecule has 0 saturated carbocycles. The predicted octanol–water partition coefficient (Wildman–Crippen LogP) is 1.74. The van der Waals surface area contributed by atoms with Crippen LogP contribution in [0.4, 0.5) is 0 Å². The van der Waals surface area contributed by atoms with E-state index in [2.05, 4.69) is 16.0 Å². The lowest BCUT2D eigenvalue weighted by atomic mass is 9.77. The Labute approximate surface area is 378 Å². The maximum Gasteiger partial charge on any atom is 0.288 e. The molecule has 4 aliphatic rings. The van der Waals surface area contributed by atoms with Gasteiger partial charge >= 0.3 is 0 Å². The van der Waals surface area contributed by atoms with Crippen LogP contribution in [0.3, 0.4) is 0 Å². The third-order valence-electron chi connectivity index (χ3n) is 13.1. The highest BCUT2D eigenvalue weighted by Gasteiger charge is 2.54. The molecule has 0 aliphatic carbocycles. The van der Waals surface area contributed by atoms with Crippen LogP contribution in [0.5, 0.6) is 0 Å². The number of carbonyl (C=O) groups is 4. The minimum absolute atomic E-state index is 0.0388. The van der Waals surface area contributed by atoms with Crippen LogP contribution >= 0.6 is 0 Å². The van der Waals surface area contributed by atoms with Crippen molar-refractivity contribution < 1.29 is 57.8 Å². The zero-order valence-electron chi connectivity index (χ0n) is 39.7. The van der Waals surface area contributed by atoms with Gasteiger partial charge in [-0.3, -0.25) is 19.2 Å². The molecule has 64 heavy (non-hydrogen) atoms. The van der Waals surface area contributed by atoms with E-state index in [0.29, 0.717) is 12.4 Å². The van der Waals surface area contributed by atoms with Crippen molar-refractivity contribution in [3.8, 4) is 0 Å². The molecule has 18 nitrogen and oxygen atoms in total. The van der Waals surface area contributed by atoms with Crippen molar-refractivity contribution in [3.63, 3.8) is 0 Å². The molecular formula is C46H74N6O12. The number of carbonyl (C=O) groups excluding carboxylic acids is 4. The Morgan fingerprint density at radius 1 is 0.938 bits per heavy atom. The van der Waals surface area contributed by atoms with Gasteiger partial charge in [0, 0.05) is 52.6 Å². The second kappa shape index (κ2) is 21.6. The first-order chi connectivity index (χ1) is 30.0. The van der Waals surface area contributed by atoms with E-state index in [-0.39, 0.29) is 62.4 Å². The molecule has 0 spiro atoms. The lowest BCUT2D eigenvalue weighted by molar-refractivity contribution is -0.313. The molecular weight excluding hydrogens is 829 g/mol. The minimum Gasteiger partial charge on any atom is -0.454 e. The van der Waals surface area contributed by atoms with Gasteiger partial charge in [-0.2, -0.15) is 0 Å². The third kappa shape index (κ3) is 12.5. The quantitative estimate of drug-likeness (QED) is 0.252. The number of likely N-dealkylation sites (N-methyl/N-ethyl adjacent to an activating group) is 2. The van der Waals surface area contributed by atoms with Gasteiger partial charge in [0.25, 0.3) is 6.02 Å². The van der Waals surface area contributed by atoms with Crippen molar-refractivity contribution in [2.75, 3.05) is 40.8 Å². The predicted molar refractivity (Wildman–Crippen MR) is 237 cm³/mol. The first-order valence-electron chi connectivity index (χ1n) is 22.7. The molecule has 15 atom stereocenters. The van der Waals surface area contributed by atoms with E-state index in [0.717, 1.165) is 5.56 Å². The smallest absolute Gasteiger partial charge is 0.288 e. The SMILES string of the molecule is CO[C@]1(C)C[C@H](O[C@@H]2[C@H](C)[C@@H](O[C@@H]3O[C@H](C)C[C@H]4[C@H]3OC(=NC(C)C)N4C)[C@](C)(O)C[C@@H](C)CN(C)C(=O)CNC(=O)C(Cc3ccccc3)NC(=O)CNC(=O)[C@@H]2C)O[C@@H](C)[C@@H]1O. The third-order valence-corrected chi connectivity index (χ3v) is 13.1. The number of nitrogens with one attached hydrogen (secondary N) is 3. The summed E-state index contributed by atoms with van der Waals surface area (Å²) < 4.78 is 38.7. The van der Waals surface area contributed by atoms with Crippen LogP contribution in [-0.4, -0.2) is 169 Å². The summed E-state index contributed by atoms with van der Waals surface area (Å²) in [7, 11) is 5.05. The number of hydrogen-bond donors (Lipinski definition) is 5. The zero-order valence-corrected chi connectivity index (χ0v) is 39.7. The van der Waals surface area contributed by atoms with Crippen LogP contribution < -0.4 is 16.0 Å². The van der Waals surface area contributed by atoms with E-state index in [1.165, 1.54) is 12.0 Å². The number of rotatable bonds is 8. The van der Waals surface area contributed by atoms with Gasteiger partial charge in [0.05, 0.1) is 60.7 Å². The number of amides is 4. The summed E-state index contributed by atoms with van der Waals surface area (Å²) in [5.41, 5.74) is -1.93. The van der Waals surface area contributed by atoms with E-state index in [4.69, 9.17) is 33.4 Å². The van der Waals surface area contributed by atoms with Gasteiger partial charge in [-0.25, -0.2) is 4.99 Å². The van der Waals surface area contributed by atoms with E-state index >= 15 is 0 Å². The number of methoxy groups -OCH3 is 1. The number of aliphatic hydroxyl groups is 2. The Bertz CT molecular complexity index is 1790. The van der Waals surface area contributed by atoms with Gasteiger partial charge in [-0.05, 0) is 65.9 Å². The zero-order chi connectivity index (χ0) is 47.3. The fourth-order valence-corrected chi connectivity index (χ4v) is 9.61. The number of ether oxygens (including phenoxy) is 6. The summed E-state index contributed by atoms with van der Waals surface area (Å²) in [5, 5.41) is 32.0. The molecule has 360 valence electrons. The first kappa shape index (κ1) is 51.1. The highest BCUT2D eigenvalue weighted by molar-refractivity contribution is 5.92. The highest BCUT2D eigenvalue weighted by Crippen LogP contribution is 2.40. The number of hydrogen-bond acceptors (Lipinski definition) is 13. The number of benzene rings is 1. The van der Waals surface area contributed by atoms with Crippen molar-refractivity contribution in [2.24, 2.45) is 22.7 Å². The molecule has 4 aliphatic heterocycles. The lowest BCUT2D eigenvalue weighted by Crippen LogP contribution is -2.60. The van der Waals surface area contributed by atoms with Gasteiger partial charge in [-0.1, -0.05) is 51.1 Å².